The van der Waals surface area contributed by atoms with E-state index in [1.54, 1.807) is 0 Å². The Hall–Kier alpha value is -4.95. The Morgan fingerprint density at radius 3 is 1.58 bits per heavy atom. The maximum atomic E-state index is 4.74. The van der Waals surface area contributed by atoms with Gasteiger partial charge in [0.2, 0.25) is 0 Å². The zero-order chi connectivity index (χ0) is 33.8. The molecule has 0 atom stereocenters. The average Bonchev–Trinajstić information content (AvgIpc) is 3.52. The minimum Gasteiger partial charge on any atom is -0.305 e. The fourth-order valence-electron chi connectivity index (χ4n) is 7.96. The molecule has 0 saturated carbocycles. The van der Waals surface area contributed by atoms with Gasteiger partial charge in [0, 0.05) is 43.3 Å². The number of hydrogen-bond acceptors (Lipinski definition) is 2. The molecule has 2 aliphatic carbocycles. The van der Waals surface area contributed by atoms with Crippen LogP contribution >= 0.6 is 0 Å². The van der Waals surface area contributed by atoms with Crippen molar-refractivity contribution in [3.8, 4) is 55.9 Å². The third-order valence-corrected chi connectivity index (χ3v) is 10.3. The second kappa shape index (κ2) is 13.1. The van der Waals surface area contributed by atoms with Gasteiger partial charge < -0.3 is 9.97 Å². The molecule has 0 amide bonds. The van der Waals surface area contributed by atoms with Crippen LogP contribution in [-0.2, 0) is 30.9 Å². The summed E-state index contributed by atoms with van der Waals surface area (Å²) in [6.45, 7) is 11.6. The molecule has 7 aromatic rings. The summed E-state index contributed by atoms with van der Waals surface area (Å²) in [4.78, 5) is 9.06. The fourth-order valence-corrected chi connectivity index (χ4v) is 7.96. The van der Waals surface area contributed by atoms with Crippen LogP contribution in [0.5, 0.6) is 0 Å². The van der Waals surface area contributed by atoms with Gasteiger partial charge in [-0.2, -0.15) is 0 Å². The SMILES string of the molecule is CC1(C)c2ccccc2-c2cc3c(c(-c4ccnc(-c5[c-]cccc5)c4)c21)C(C)(C)c1ccccc1-3.Cc1ccc(-c2[c-]cccc2)nc1.[Ir]. The first kappa shape index (κ1) is 33.5. The van der Waals surface area contributed by atoms with Crippen LogP contribution in [0.1, 0.15) is 55.5 Å². The molecule has 247 valence electrons. The first-order valence-corrected chi connectivity index (χ1v) is 17.0. The molecule has 9 rings (SSSR count). The van der Waals surface area contributed by atoms with Gasteiger partial charge in [0.05, 0.1) is 0 Å². The minimum atomic E-state index is -0.108. The Morgan fingerprint density at radius 1 is 0.520 bits per heavy atom. The Bertz CT molecular complexity index is 2240. The van der Waals surface area contributed by atoms with Crippen LogP contribution in [0.4, 0.5) is 0 Å². The third kappa shape index (κ3) is 5.56. The summed E-state index contributed by atoms with van der Waals surface area (Å²) in [5.41, 5.74) is 18.7. The van der Waals surface area contributed by atoms with Crippen molar-refractivity contribution in [3.05, 3.63) is 180 Å². The van der Waals surface area contributed by atoms with Crippen molar-refractivity contribution in [1.82, 2.24) is 9.97 Å². The summed E-state index contributed by atoms with van der Waals surface area (Å²) >= 11 is 0. The van der Waals surface area contributed by atoms with E-state index in [4.69, 9.17) is 4.98 Å². The zero-order valence-electron chi connectivity index (χ0n) is 29.0. The standard InChI is InChI=1S/C35H28N.C12H10N.Ir/c1-34(2)28-16-10-8-14-24(28)26-21-27-25-15-9-11-17-29(25)35(3,4)33(27)31(32(26)34)23-18-19-36-30(20-23)22-12-6-5-7-13-22;1-10-7-8-12(13-9-10)11-5-3-2-4-6-11;/h5-12,14-21H,1-4H3;2-5,7-9H,1H3;/q2*-1;. The summed E-state index contributed by atoms with van der Waals surface area (Å²) in [5.74, 6) is 0. The second-order valence-electron chi connectivity index (χ2n) is 14.1. The number of benzene rings is 5. The maximum Gasteiger partial charge on any atom is 0.0190 e. The van der Waals surface area contributed by atoms with E-state index in [0.717, 1.165) is 22.5 Å². The number of pyridine rings is 2. The Morgan fingerprint density at radius 2 is 1.06 bits per heavy atom. The van der Waals surface area contributed by atoms with E-state index in [0.29, 0.717) is 0 Å². The Kier molecular flexibility index (Phi) is 8.76. The van der Waals surface area contributed by atoms with Crippen molar-refractivity contribution in [3.63, 3.8) is 0 Å². The molecular weight excluding hydrogens is 785 g/mol. The largest absolute Gasteiger partial charge is 0.305 e. The van der Waals surface area contributed by atoms with Crippen molar-refractivity contribution in [2.75, 3.05) is 0 Å². The van der Waals surface area contributed by atoms with Gasteiger partial charge in [-0.05, 0) is 91.6 Å². The molecule has 2 nitrogen and oxygen atoms in total. The van der Waals surface area contributed by atoms with Gasteiger partial charge in [-0.1, -0.05) is 94.4 Å². The number of fused-ring (bicyclic) bond motifs is 6. The summed E-state index contributed by atoms with van der Waals surface area (Å²) in [7, 11) is 0. The molecule has 0 N–H and O–H groups in total. The summed E-state index contributed by atoms with van der Waals surface area (Å²) in [6, 6.07) is 51.4. The number of aryl methyl sites for hydroxylation is 1. The van der Waals surface area contributed by atoms with E-state index >= 15 is 0 Å². The van der Waals surface area contributed by atoms with Gasteiger partial charge in [-0.25, -0.2) is 0 Å². The van der Waals surface area contributed by atoms with Crippen molar-refractivity contribution in [2.45, 2.75) is 45.4 Å². The fraction of sp³-hybridized carbons (Fsp3) is 0.149. The molecule has 3 heteroatoms. The Labute approximate surface area is 309 Å². The summed E-state index contributed by atoms with van der Waals surface area (Å²) in [6.07, 6.45) is 3.83. The summed E-state index contributed by atoms with van der Waals surface area (Å²) in [5, 5.41) is 0. The van der Waals surface area contributed by atoms with Crippen LogP contribution in [0.2, 0.25) is 0 Å². The topological polar surface area (TPSA) is 25.8 Å². The van der Waals surface area contributed by atoms with Crippen molar-refractivity contribution < 1.29 is 20.1 Å². The molecule has 50 heavy (non-hydrogen) atoms. The third-order valence-electron chi connectivity index (χ3n) is 10.3. The molecule has 0 unspecified atom stereocenters. The van der Waals surface area contributed by atoms with Gasteiger partial charge in [-0.15, -0.1) is 71.8 Å². The average molecular weight is 823 g/mol. The number of hydrogen-bond donors (Lipinski definition) is 0. The molecule has 0 spiro atoms. The zero-order valence-corrected chi connectivity index (χ0v) is 31.4. The van der Waals surface area contributed by atoms with Crippen LogP contribution in [0.15, 0.2) is 140 Å². The molecule has 0 aliphatic heterocycles. The van der Waals surface area contributed by atoms with Gasteiger partial charge >= 0.3 is 0 Å². The molecule has 5 aromatic carbocycles. The van der Waals surface area contributed by atoms with E-state index in [2.05, 4.69) is 130 Å². The molecule has 2 heterocycles. The van der Waals surface area contributed by atoms with Gasteiger partial charge in [0.15, 0.2) is 0 Å². The number of aromatic nitrogens is 2. The molecule has 0 bridgehead atoms. The van der Waals surface area contributed by atoms with Gasteiger partial charge in [0.25, 0.3) is 0 Å². The van der Waals surface area contributed by atoms with E-state index in [1.807, 2.05) is 61.8 Å². The van der Waals surface area contributed by atoms with Crippen LogP contribution < -0.4 is 0 Å². The molecule has 2 aliphatic rings. The van der Waals surface area contributed by atoms with Crippen LogP contribution in [0.25, 0.3) is 55.9 Å². The Balaban J connectivity index is 0.000000236. The van der Waals surface area contributed by atoms with E-state index < -0.39 is 0 Å². The summed E-state index contributed by atoms with van der Waals surface area (Å²) < 4.78 is 0. The number of nitrogens with zero attached hydrogens (tertiary/aromatic N) is 2. The molecule has 2 aromatic heterocycles. The first-order chi connectivity index (χ1) is 23.7. The quantitative estimate of drug-likeness (QED) is 0.166. The first-order valence-electron chi connectivity index (χ1n) is 17.0. The maximum absolute atomic E-state index is 4.74. The van der Waals surface area contributed by atoms with Crippen LogP contribution in [0.3, 0.4) is 0 Å². The number of rotatable bonds is 3. The van der Waals surface area contributed by atoms with Crippen LogP contribution in [-0.4, -0.2) is 9.97 Å². The van der Waals surface area contributed by atoms with Crippen molar-refractivity contribution in [2.24, 2.45) is 0 Å². The van der Waals surface area contributed by atoms with E-state index in [9.17, 15) is 0 Å². The normalized spacial score (nSPS) is 13.9. The molecule has 0 saturated heterocycles. The molecule has 1 radical (unpaired) electrons. The van der Waals surface area contributed by atoms with Crippen molar-refractivity contribution >= 4 is 0 Å². The predicted octanol–water partition coefficient (Wildman–Crippen LogP) is 11.7. The monoisotopic (exact) mass is 823 g/mol. The molecule has 0 fully saturated rings. The van der Waals surface area contributed by atoms with E-state index in [-0.39, 0.29) is 30.9 Å². The van der Waals surface area contributed by atoms with Gasteiger partial charge in [-0.3, -0.25) is 0 Å². The molecular formula is C47H38IrN2-2. The minimum absolute atomic E-state index is 0. The van der Waals surface area contributed by atoms with Crippen molar-refractivity contribution in [1.29, 1.82) is 0 Å². The predicted molar refractivity (Wildman–Crippen MR) is 202 cm³/mol. The smallest absolute Gasteiger partial charge is 0.0190 e. The van der Waals surface area contributed by atoms with Crippen LogP contribution in [0, 0.1) is 19.1 Å². The van der Waals surface area contributed by atoms with Gasteiger partial charge in [0.1, 0.15) is 0 Å². The second-order valence-corrected chi connectivity index (χ2v) is 14.1. The van der Waals surface area contributed by atoms with E-state index in [1.165, 1.54) is 61.2 Å².